The van der Waals surface area contributed by atoms with Crippen LogP contribution in [-0.4, -0.2) is 47.0 Å². The van der Waals surface area contributed by atoms with Gasteiger partial charge < -0.3 is 15.1 Å². The number of para-hydroxylation sites is 1. The summed E-state index contributed by atoms with van der Waals surface area (Å²) in [6, 6.07) is 30.8. The first-order valence-electron chi connectivity index (χ1n) is 12.7. The minimum Gasteiger partial charge on any atom is -0.367 e. The van der Waals surface area contributed by atoms with Gasteiger partial charge in [-0.2, -0.15) is 0 Å². The molecule has 1 fully saturated rings. The Kier molecular flexibility index (Phi) is 7.05. The van der Waals surface area contributed by atoms with Crippen LogP contribution in [0.15, 0.2) is 97.1 Å². The molecule has 194 valence electrons. The predicted octanol–water partition coefficient (Wildman–Crippen LogP) is 7.31. The van der Waals surface area contributed by atoms with Crippen LogP contribution in [0.2, 0.25) is 10.0 Å². The number of carbonyl (C=O) groups excluding carboxylic acids is 1. The Balaban J connectivity index is 1.17. The zero-order valence-corrected chi connectivity index (χ0v) is 22.5. The Labute approximate surface area is 236 Å². The third-order valence-electron chi connectivity index (χ3n) is 6.85. The van der Waals surface area contributed by atoms with Crippen molar-refractivity contribution in [1.82, 2.24) is 14.9 Å². The van der Waals surface area contributed by atoms with Crippen LogP contribution < -0.4 is 10.2 Å². The predicted molar refractivity (Wildman–Crippen MR) is 159 cm³/mol. The van der Waals surface area contributed by atoms with Crippen molar-refractivity contribution in [3.8, 4) is 11.3 Å². The lowest BCUT2D eigenvalue weighted by Crippen LogP contribution is -2.48. The molecule has 6 nitrogen and oxygen atoms in total. The highest BCUT2D eigenvalue weighted by atomic mass is 35.5. The number of amides is 1. The first kappa shape index (κ1) is 25.2. The maximum Gasteiger partial charge on any atom is 0.253 e. The van der Waals surface area contributed by atoms with Crippen molar-refractivity contribution in [2.75, 3.05) is 36.4 Å². The van der Waals surface area contributed by atoms with Crippen molar-refractivity contribution < 1.29 is 4.79 Å². The Bertz CT molecular complexity index is 1640. The summed E-state index contributed by atoms with van der Waals surface area (Å²) in [7, 11) is 0. The van der Waals surface area contributed by atoms with Gasteiger partial charge in [-0.25, -0.2) is 9.97 Å². The zero-order chi connectivity index (χ0) is 26.8. The number of rotatable bonds is 5. The van der Waals surface area contributed by atoms with E-state index >= 15 is 0 Å². The van der Waals surface area contributed by atoms with Gasteiger partial charge in [0.25, 0.3) is 5.91 Å². The van der Waals surface area contributed by atoms with Crippen molar-refractivity contribution in [2.45, 2.75) is 0 Å². The molecule has 1 saturated heterocycles. The molecule has 0 radical (unpaired) electrons. The van der Waals surface area contributed by atoms with E-state index in [4.69, 9.17) is 33.2 Å². The summed E-state index contributed by atoms with van der Waals surface area (Å²) in [5, 5.41) is 5.55. The van der Waals surface area contributed by atoms with Crippen molar-refractivity contribution in [3.63, 3.8) is 0 Å². The first-order chi connectivity index (χ1) is 19.0. The highest BCUT2D eigenvalue weighted by molar-refractivity contribution is 6.33. The van der Waals surface area contributed by atoms with Crippen molar-refractivity contribution in [3.05, 3.63) is 113 Å². The molecule has 1 amide bonds. The van der Waals surface area contributed by atoms with E-state index in [1.54, 1.807) is 0 Å². The summed E-state index contributed by atoms with van der Waals surface area (Å²) >= 11 is 12.6. The number of hydrogen-bond acceptors (Lipinski definition) is 5. The number of fused-ring (bicyclic) bond motifs is 1. The maximum absolute atomic E-state index is 13.2. The lowest BCUT2D eigenvalue weighted by atomic mass is 10.1. The van der Waals surface area contributed by atoms with Crippen LogP contribution in [0.5, 0.6) is 0 Å². The molecule has 0 spiro atoms. The minimum atomic E-state index is 0.0190. The smallest absolute Gasteiger partial charge is 0.253 e. The van der Waals surface area contributed by atoms with E-state index in [1.807, 2.05) is 102 Å². The number of piperazine rings is 1. The highest BCUT2D eigenvalue weighted by Crippen LogP contribution is 2.30. The molecule has 5 aromatic rings. The summed E-state index contributed by atoms with van der Waals surface area (Å²) in [6.07, 6.45) is 0. The number of halogens is 2. The second kappa shape index (κ2) is 10.9. The van der Waals surface area contributed by atoms with Gasteiger partial charge in [0.2, 0.25) is 5.95 Å². The number of nitrogens with zero attached hydrogens (tertiary/aromatic N) is 4. The summed E-state index contributed by atoms with van der Waals surface area (Å²) in [6.45, 7) is 2.76. The van der Waals surface area contributed by atoms with E-state index in [2.05, 4.69) is 10.2 Å². The topological polar surface area (TPSA) is 61.4 Å². The number of benzene rings is 4. The third kappa shape index (κ3) is 5.39. The van der Waals surface area contributed by atoms with E-state index in [9.17, 15) is 4.79 Å². The van der Waals surface area contributed by atoms with E-state index in [0.29, 0.717) is 29.6 Å². The number of anilines is 3. The molecule has 0 saturated carbocycles. The fourth-order valence-electron chi connectivity index (χ4n) is 4.84. The molecular weight excluding hydrogens is 529 g/mol. The Morgan fingerprint density at radius 2 is 1.49 bits per heavy atom. The number of nitrogens with one attached hydrogen (secondary N) is 1. The van der Waals surface area contributed by atoms with Crippen LogP contribution >= 0.6 is 23.2 Å². The molecule has 2 heterocycles. The quantitative estimate of drug-likeness (QED) is 0.247. The molecule has 1 aromatic heterocycles. The molecular formula is C31H25Cl2N5O. The molecule has 0 atom stereocenters. The first-order valence-corrected chi connectivity index (χ1v) is 13.5. The number of aromatic nitrogens is 2. The van der Waals surface area contributed by atoms with Gasteiger partial charge in [-0.15, -0.1) is 0 Å². The summed E-state index contributed by atoms with van der Waals surface area (Å²) in [4.78, 5) is 26.8. The Hall–Kier alpha value is -4.13. The second-order valence-corrected chi connectivity index (χ2v) is 10.2. The van der Waals surface area contributed by atoms with Gasteiger partial charge in [0.1, 0.15) is 0 Å². The standard InChI is InChI=1S/C31H25Cl2N5O/c32-23-12-15-27-25(20-23)29(21-6-2-1-3-7-21)36-31(35-27)34-24-13-10-22(11-14-24)30(39)38-18-16-37(17-19-38)28-9-5-4-8-26(28)33/h1-15,20H,16-19H2,(H,34,35,36). The highest BCUT2D eigenvalue weighted by Gasteiger charge is 2.23. The molecule has 1 aliphatic heterocycles. The minimum absolute atomic E-state index is 0.0190. The fourth-order valence-corrected chi connectivity index (χ4v) is 5.27. The maximum atomic E-state index is 13.2. The lowest BCUT2D eigenvalue weighted by molar-refractivity contribution is 0.0747. The molecule has 39 heavy (non-hydrogen) atoms. The zero-order valence-electron chi connectivity index (χ0n) is 21.0. The molecule has 1 N–H and O–H groups in total. The van der Waals surface area contributed by atoms with Gasteiger partial charge in [-0.05, 0) is 54.6 Å². The SMILES string of the molecule is O=C(c1ccc(Nc2nc(-c3ccccc3)c3cc(Cl)ccc3n2)cc1)N1CCN(c2ccccc2Cl)CC1. The normalized spacial score (nSPS) is 13.5. The van der Waals surface area contributed by atoms with Gasteiger partial charge in [-0.3, -0.25) is 4.79 Å². The van der Waals surface area contributed by atoms with E-state index in [1.165, 1.54) is 0 Å². The molecule has 8 heteroatoms. The molecule has 6 rings (SSSR count). The molecule has 4 aromatic carbocycles. The van der Waals surface area contributed by atoms with Crippen molar-refractivity contribution in [2.24, 2.45) is 0 Å². The van der Waals surface area contributed by atoms with Crippen LogP contribution in [0.3, 0.4) is 0 Å². The lowest BCUT2D eigenvalue weighted by Gasteiger charge is -2.36. The van der Waals surface area contributed by atoms with Gasteiger partial charge in [-0.1, -0.05) is 65.7 Å². The third-order valence-corrected chi connectivity index (χ3v) is 7.41. The summed E-state index contributed by atoms with van der Waals surface area (Å²) < 4.78 is 0. The van der Waals surface area contributed by atoms with Gasteiger partial charge >= 0.3 is 0 Å². The van der Waals surface area contributed by atoms with Crippen LogP contribution in [-0.2, 0) is 0 Å². The van der Waals surface area contributed by atoms with Crippen LogP contribution in [0.1, 0.15) is 10.4 Å². The average Bonchev–Trinajstić information content (AvgIpc) is 2.98. The van der Waals surface area contributed by atoms with Crippen molar-refractivity contribution in [1.29, 1.82) is 0 Å². The van der Waals surface area contributed by atoms with Gasteiger partial charge in [0, 0.05) is 53.4 Å². The van der Waals surface area contributed by atoms with E-state index in [0.717, 1.165) is 51.6 Å². The molecule has 1 aliphatic rings. The van der Waals surface area contributed by atoms with Crippen LogP contribution in [0.25, 0.3) is 22.2 Å². The summed E-state index contributed by atoms with van der Waals surface area (Å²) in [5.74, 6) is 0.490. The van der Waals surface area contributed by atoms with Crippen LogP contribution in [0.4, 0.5) is 17.3 Å². The summed E-state index contributed by atoms with van der Waals surface area (Å²) in [5.41, 5.74) is 5.02. The average molecular weight is 554 g/mol. The van der Waals surface area contributed by atoms with Crippen molar-refractivity contribution >= 4 is 57.3 Å². The van der Waals surface area contributed by atoms with Gasteiger partial charge in [0.15, 0.2) is 0 Å². The Morgan fingerprint density at radius 3 is 2.23 bits per heavy atom. The van der Waals surface area contributed by atoms with Gasteiger partial charge in [0.05, 0.1) is 21.9 Å². The second-order valence-electron chi connectivity index (χ2n) is 9.36. The number of carbonyl (C=O) groups is 1. The van der Waals surface area contributed by atoms with Crippen LogP contribution in [0, 0.1) is 0 Å². The largest absolute Gasteiger partial charge is 0.367 e. The fraction of sp³-hybridized carbons (Fsp3) is 0.129. The number of hydrogen-bond donors (Lipinski definition) is 1. The molecule has 0 bridgehead atoms. The monoisotopic (exact) mass is 553 g/mol. The Morgan fingerprint density at radius 1 is 0.769 bits per heavy atom. The van der Waals surface area contributed by atoms with E-state index in [-0.39, 0.29) is 5.91 Å². The molecule has 0 aliphatic carbocycles. The molecule has 0 unspecified atom stereocenters. The van der Waals surface area contributed by atoms with E-state index < -0.39 is 0 Å².